The number of carbonyl (C=O) groups excluding carboxylic acids is 2. The van der Waals surface area contributed by atoms with Crippen molar-refractivity contribution in [3.05, 3.63) is 46.5 Å². The quantitative estimate of drug-likeness (QED) is 0.499. The Balaban J connectivity index is 2.57. The highest BCUT2D eigenvalue weighted by Gasteiger charge is 2.20. The molecule has 6 heteroatoms. The van der Waals surface area contributed by atoms with Gasteiger partial charge in [-0.2, -0.15) is 0 Å². The monoisotopic (exact) mass is 315 g/mol. The number of aldehydes is 1. The number of carbonyl (C=O) groups is 2. The van der Waals surface area contributed by atoms with Gasteiger partial charge in [0.25, 0.3) is 0 Å². The van der Waals surface area contributed by atoms with Crippen LogP contribution in [0.15, 0.2) is 24.3 Å². The maximum absolute atomic E-state index is 12.7. The molecule has 0 aromatic heterocycles. The summed E-state index contributed by atoms with van der Waals surface area (Å²) >= 11 is 0. The fourth-order valence-electron chi connectivity index (χ4n) is 2.25. The minimum absolute atomic E-state index is 0.00557. The summed E-state index contributed by atoms with van der Waals surface area (Å²) in [5, 5.41) is 10.2. The smallest absolute Gasteiger partial charge is 0.196 e. The Morgan fingerprint density at radius 2 is 1.83 bits per heavy atom. The summed E-state index contributed by atoms with van der Waals surface area (Å²) in [7, 11) is 2.95. The molecule has 0 fully saturated rings. The number of phenols is 1. The van der Waals surface area contributed by atoms with Crippen LogP contribution < -0.4 is 15.2 Å². The molecule has 0 unspecified atom stereocenters. The van der Waals surface area contributed by atoms with Crippen molar-refractivity contribution in [3.63, 3.8) is 0 Å². The van der Waals surface area contributed by atoms with Crippen molar-refractivity contribution >= 4 is 17.8 Å². The van der Waals surface area contributed by atoms with Crippen LogP contribution in [-0.4, -0.2) is 31.4 Å². The Bertz CT molecular complexity index is 783. The molecular weight excluding hydrogens is 298 g/mol. The molecule has 0 amide bonds. The van der Waals surface area contributed by atoms with Crippen molar-refractivity contribution in [2.24, 2.45) is 0 Å². The maximum Gasteiger partial charge on any atom is 0.196 e. The predicted octanol–water partition coefficient (Wildman–Crippen LogP) is 2.34. The van der Waals surface area contributed by atoms with E-state index in [9.17, 15) is 14.7 Å². The number of ether oxygens (including phenoxy) is 2. The number of methoxy groups -OCH3 is 2. The zero-order chi connectivity index (χ0) is 17.1. The standard InChI is InChI=1S/C17H17NO5/c1-9-15(18)11(8-19)6-12(16(9)20)17(21)10-4-5-13(22-2)14(7-10)23-3/h4-8,20H,18H2,1-3H3. The van der Waals surface area contributed by atoms with Crippen molar-refractivity contribution < 1.29 is 24.2 Å². The summed E-state index contributed by atoms with van der Waals surface area (Å²) in [4.78, 5) is 23.7. The number of nitrogens with two attached hydrogens (primary N) is 1. The number of rotatable bonds is 5. The third-order valence-electron chi connectivity index (χ3n) is 3.64. The molecule has 0 radical (unpaired) electrons. The number of hydrogen-bond donors (Lipinski definition) is 2. The van der Waals surface area contributed by atoms with Gasteiger partial charge in [-0.15, -0.1) is 0 Å². The largest absolute Gasteiger partial charge is 0.507 e. The molecule has 2 rings (SSSR count). The van der Waals surface area contributed by atoms with Crippen molar-refractivity contribution in [2.75, 3.05) is 20.0 Å². The van der Waals surface area contributed by atoms with Gasteiger partial charge in [-0.3, -0.25) is 9.59 Å². The molecule has 120 valence electrons. The van der Waals surface area contributed by atoms with E-state index in [0.717, 1.165) is 0 Å². The topological polar surface area (TPSA) is 98.9 Å². The van der Waals surface area contributed by atoms with E-state index < -0.39 is 5.78 Å². The van der Waals surface area contributed by atoms with Crippen LogP contribution in [0.3, 0.4) is 0 Å². The second kappa shape index (κ2) is 6.39. The highest BCUT2D eigenvalue weighted by atomic mass is 16.5. The predicted molar refractivity (Wildman–Crippen MR) is 85.6 cm³/mol. The number of aromatic hydroxyl groups is 1. The van der Waals surface area contributed by atoms with E-state index in [4.69, 9.17) is 15.2 Å². The molecule has 0 bridgehead atoms. The number of ketones is 1. The van der Waals surface area contributed by atoms with Gasteiger partial charge in [-0.25, -0.2) is 0 Å². The van der Waals surface area contributed by atoms with Crippen LogP contribution in [0.4, 0.5) is 5.69 Å². The van der Waals surface area contributed by atoms with E-state index in [2.05, 4.69) is 0 Å². The molecule has 6 nitrogen and oxygen atoms in total. The first-order valence-electron chi connectivity index (χ1n) is 6.78. The van der Waals surface area contributed by atoms with Gasteiger partial charge in [0.15, 0.2) is 23.6 Å². The number of phenolic OH excluding ortho intramolecular Hbond substituents is 1. The van der Waals surface area contributed by atoms with Crippen LogP contribution in [0.5, 0.6) is 17.2 Å². The van der Waals surface area contributed by atoms with Crippen molar-refractivity contribution in [3.8, 4) is 17.2 Å². The van der Waals surface area contributed by atoms with Crippen LogP contribution >= 0.6 is 0 Å². The number of hydrogen-bond acceptors (Lipinski definition) is 6. The van der Waals surface area contributed by atoms with E-state index in [1.807, 2.05) is 0 Å². The molecule has 0 heterocycles. The molecule has 0 aliphatic carbocycles. The van der Waals surface area contributed by atoms with Crippen LogP contribution in [0, 0.1) is 6.92 Å². The van der Waals surface area contributed by atoms with Gasteiger partial charge in [0.1, 0.15) is 5.75 Å². The second-order valence-corrected chi connectivity index (χ2v) is 4.92. The summed E-state index contributed by atoms with van der Waals surface area (Å²) in [6.45, 7) is 1.54. The Morgan fingerprint density at radius 1 is 1.17 bits per heavy atom. The number of benzene rings is 2. The third kappa shape index (κ3) is 2.83. The molecule has 23 heavy (non-hydrogen) atoms. The summed E-state index contributed by atoms with van der Waals surface area (Å²) in [5.74, 6) is 0.179. The Kier molecular flexibility index (Phi) is 4.55. The molecule has 0 atom stereocenters. The van der Waals surface area contributed by atoms with Gasteiger partial charge in [-0.1, -0.05) is 0 Å². The fraction of sp³-hybridized carbons (Fsp3) is 0.176. The van der Waals surface area contributed by atoms with Gasteiger partial charge < -0.3 is 20.3 Å². The number of anilines is 1. The van der Waals surface area contributed by atoms with E-state index in [0.29, 0.717) is 28.9 Å². The molecule has 2 aromatic carbocycles. The van der Waals surface area contributed by atoms with E-state index in [1.54, 1.807) is 19.1 Å². The van der Waals surface area contributed by atoms with Crippen molar-refractivity contribution in [1.82, 2.24) is 0 Å². The molecule has 0 spiro atoms. The average Bonchev–Trinajstić information content (AvgIpc) is 2.58. The number of nitrogen functional groups attached to an aromatic ring is 1. The third-order valence-corrected chi connectivity index (χ3v) is 3.64. The van der Waals surface area contributed by atoms with E-state index in [1.165, 1.54) is 26.4 Å². The van der Waals surface area contributed by atoms with Gasteiger partial charge in [0.2, 0.25) is 0 Å². The van der Waals surface area contributed by atoms with Gasteiger partial charge in [0.05, 0.1) is 19.8 Å². The minimum atomic E-state index is -0.449. The van der Waals surface area contributed by atoms with E-state index in [-0.39, 0.29) is 22.6 Å². The van der Waals surface area contributed by atoms with Gasteiger partial charge in [-0.05, 0) is 31.2 Å². The first kappa shape index (κ1) is 16.4. The molecule has 3 N–H and O–H groups in total. The maximum atomic E-state index is 12.7. The highest BCUT2D eigenvalue weighted by molar-refractivity contribution is 6.12. The van der Waals surface area contributed by atoms with Crippen LogP contribution in [-0.2, 0) is 0 Å². The van der Waals surface area contributed by atoms with Gasteiger partial charge >= 0.3 is 0 Å². The van der Waals surface area contributed by atoms with Crippen molar-refractivity contribution in [1.29, 1.82) is 0 Å². The lowest BCUT2D eigenvalue weighted by Crippen LogP contribution is -2.07. The molecule has 2 aromatic rings. The summed E-state index contributed by atoms with van der Waals surface area (Å²) in [6.07, 6.45) is 0.549. The first-order valence-corrected chi connectivity index (χ1v) is 6.78. The fourth-order valence-corrected chi connectivity index (χ4v) is 2.25. The molecule has 0 saturated heterocycles. The second-order valence-electron chi connectivity index (χ2n) is 4.92. The molecular formula is C17H17NO5. The lowest BCUT2D eigenvalue weighted by molar-refractivity contribution is 0.103. The van der Waals surface area contributed by atoms with Crippen LogP contribution in [0.25, 0.3) is 0 Å². The molecule has 0 aliphatic rings. The van der Waals surface area contributed by atoms with Crippen LogP contribution in [0.1, 0.15) is 31.8 Å². The SMILES string of the molecule is COc1ccc(C(=O)c2cc(C=O)c(N)c(C)c2O)cc1OC. The highest BCUT2D eigenvalue weighted by Crippen LogP contribution is 2.33. The molecule has 0 aliphatic heterocycles. The van der Waals surface area contributed by atoms with Crippen LogP contribution in [0.2, 0.25) is 0 Å². The zero-order valence-corrected chi connectivity index (χ0v) is 13.0. The minimum Gasteiger partial charge on any atom is -0.507 e. The molecule has 0 saturated carbocycles. The lowest BCUT2D eigenvalue weighted by atomic mass is 9.96. The summed E-state index contributed by atoms with van der Waals surface area (Å²) in [5.41, 5.74) is 6.64. The summed E-state index contributed by atoms with van der Waals surface area (Å²) < 4.78 is 10.3. The summed E-state index contributed by atoms with van der Waals surface area (Å²) in [6, 6.07) is 5.93. The van der Waals surface area contributed by atoms with E-state index >= 15 is 0 Å². The van der Waals surface area contributed by atoms with Gasteiger partial charge in [0, 0.05) is 22.4 Å². The Hall–Kier alpha value is -3.02. The zero-order valence-electron chi connectivity index (χ0n) is 13.0. The Labute approximate surface area is 133 Å². The Morgan fingerprint density at radius 3 is 2.39 bits per heavy atom. The van der Waals surface area contributed by atoms with Crippen molar-refractivity contribution in [2.45, 2.75) is 6.92 Å². The average molecular weight is 315 g/mol. The first-order chi connectivity index (χ1) is 10.9. The normalized spacial score (nSPS) is 10.2. The lowest BCUT2D eigenvalue weighted by Gasteiger charge is -2.12.